The zero-order valence-corrected chi connectivity index (χ0v) is 9.27. The van der Waals surface area contributed by atoms with E-state index in [9.17, 15) is 0 Å². The average molecular weight is 213 g/mol. The van der Waals surface area contributed by atoms with Crippen LogP contribution in [0.3, 0.4) is 0 Å². The lowest BCUT2D eigenvalue weighted by Gasteiger charge is -2.08. The van der Waals surface area contributed by atoms with Crippen molar-refractivity contribution in [1.29, 1.82) is 0 Å². The highest BCUT2D eigenvalue weighted by atomic mass is 15.0. The molecule has 0 unspecified atom stereocenters. The fraction of sp³-hybridized carbons (Fsp3) is 0.154. The van der Waals surface area contributed by atoms with Crippen molar-refractivity contribution >= 4 is 11.5 Å². The molecule has 2 aromatic rings. The summed E-state index contributed by atoms with van der Waals surface area (Å²) in [4.78, 5) is 4.19. The van der Waals surface area contributed by atoms with E-state index in [1.54, 1.807) is 12.3 Å². The summed E-state index contributed by atoms with van der Waals surface area (Å²) in [6, 6.07) is 11.9. The molecule has 3 N–H and O–H groups in total. The summed E-state index contributed by atoms with van der Waals surface area (Å²) in [6.45, 7) is 2.87. The smallest absolute Gasteiger partial charge is 0.128 e. The van der Waals surface area contributed by atoms with E-state index in [0.717, 1.165) is 18.1 Å². The number of hydrogen-bond donors (Lipinski definition) is 2. The highest BCUT2D eigenvalue weighted by Crippen LogP contribution is 2.12. The molecule has 3 nitrogen and oxygen atoms in total. The first-order valence-electron chi connectivity index (χ1n) is 5.25. The van der Waals surface area contributed by atoms with Gasteiger partial charge < -0.3 is 11.1 Å². The van der Waals surface area contributed by atoms with Gasteiger partial charge in [-0.15, -0.1) is 0 Å². The lowest BCUT2D eigenvalue weighted by atomic mass is 10.1. The zero-order chi connectivity index (χ0) is 11.4. The number of nitrogen functional groups attached to an aromatic ring is 1. The summed E-state index contributed by atoms with van der Waals surface area (Å²) in [5, 5.41) is 3.25. The summed E-state index contributed by atoms with van der Waals surface area (Å²) >= 11 is 0. The number of anilines is 2. The van der Waals surface area contributed by atoms with E-state index in [-0.39, 0.29) is 0 Å². The highest BCUT2D eigenvalue weighted by Gasteiger charge is 1.98. The van der Waals surface area contributed by atoms with Crippen LogP contribution in [-0.4, -0.2) is 4.98 Å². The number of pyridine rings is 1. The average Bonchev–Trinajstić information content (AvgIpc) is 2.28. The predicted molar refractivity (Wildman–Crippen MR) is 67.2 cm³/mol. The molecule has 3 heteroatoms. The monoisotopic (exact) mass is 213 g/mol. The second-order valence-corrected chi connectivity index (χ2v) is 3.75. The minimum atomic E-state index is 0.724. The van der Waals surface area contributed by atoms with E-state index in [0.29, 0.717) is 0 Å². The largest absolute Gasteiger partial charge is 0.399 e. The van der Waals surface area contributed by atoms with Crippen LogP contribution in [0.25, 0.3) is 0 Å². The molecule has 2 rings (SSSR count). The summed E-state index contributed by atoms with van der Waals surface area (Å²) < 4.78 is 0. The van der Waals surface area contributed by atoms with Crippen LogP contribution in [0.15, 0.2) is 42.6 Å². The zero-order valence-electron chi connectivity index (χ0n) is 9.27. The van der Waals surface area contributed by atoms with E-state index >= 15 is 0 Å². The molecule has 1 aromatic heterocycles. The standard InChI is InChI=1S/C13H15N3/c1-10-4-2-3-5-11(10)9-16-13-8-12(14)6-7-15-13/h2-8H,9H2,1H3,(H3,14,15,16). The summed E-state index contributed by atoms with van der Waals surface area (Å²) in [5.74, 6) is 0.809. The topological polar surface area (TPSA) is 50.9 Å². The van der Waals surface area contributed by atoms with Gasteiger partial charge in [-0.2, -0.15) is 0 Å². The molecule has 0 aliphatic heterocycles. The lowest BCUT2D eigenvalue weighted by Crippen LogP contribution is -2.03. The molecule has 0 spiro atoms. The Morgan fingerprint density at radius 3 is 2.81 bits per heavy atom. The maximum absolute atomic E-state index is 5.68. The first-order valence-corrected chi connectivity index (χ1v) is 5.25. The van der Waals surface area contributed by atoms with Crippen LogP contribution in [0, 0.1) is 6.92 Å². The molecule has 0 bridgehead atoms. The number of benzene rings is 1. The van der Waals surface area contributed by atoms with E-state index in [2.05, 4.69) is 29.4 Å². The first kappa shape index (κ1) is 10.5. The van der Waals surface area contributed by atoms with E-state index < -0.39 is 0 Å². The fourth-order valence-electron chi connectivity index (χ4n) is 1.54. The maximum Gasteiger partial charge on any atom is 0.128 e. The molecule has 0 saturated heterocycles. The van der Waals surface area contributed by atoms with Crippen LogP contribution >= 0.6 is 0 Å². The van der Waals surface area contributed by atoms with Gasteiger partial charge in [0.25, 0.3) is 0 Å². The molecule has 0 amide bonds. The molecule has 0 aliphatic rings. The Bertz CT molecular complexity index is 480. The maximum atomic E-state index is 5.68. The SMILES string of the molecule is Cc1ccccc1CNc1cc(N)ccn1. The van der Waals surface area contributed by atoms with Gasteiger partial charge in [0, 0.05) is 24.5 Å². The van der Waals surface area contributed by atoms with Gasteiger partial charge in [-0.05, 0) is 24.1 Å². The van der Waals surface area contributed by atoms with Crippen molar-refractivity contribution in [1.82, 2.24) is 4.98 Å². The van der Waals surface area contributed by atoms with Crippen molar-refractivity contribution in [2.75, 3.05) is 11.1 Å². The molecule has 82 valence electrons. The van der Waals surface area contributed by atoms with Gasteiger partial charge in [0.05, 0.1) is 0 Å². The minimum Gasteiger partial charge on any atom is -0.399 e. The van der Waals surface area contributed by atoms with Gasteiger partial charge in [-0.3, -0.25) is 0 Å². The van der Waals surface area contributed by atoms with Crippen LogP contribution in [0.1, 0.15) is 11.1 Å². The fourth-order valence-corrected chi connectivity index (χ4v) is 1.54. The highest BCUT2D eigenvalue weighted by molar-refractivity contribution is 5.48. The van der Waals surface area contributed by atoms with Crippen molar-refractivity contribution in [2.24, 2.45) is 0 Å². The molecular formula is C13H15N3. The van der Waals surface area contributed by atoms with E-state index in [4.69, 9.17) is 5.73 Å². The van der Waals surface area contributed by atoms with Crippen molar-refractivity contribution in [2.45, 2.75) is 13.5 Å². The van der Waals surface area contributed by atoms with Crippen molar-refractivity contribution in [3.05, 3.63) is 53.7 Å². The number of nitrogens with zero attached hydrogens (tertiary/aromatic N) is 1. The summed E-state index contributed by atoms with van der Waals surface area (Å²) in [6.07, 6.45) is 1.70. The van der Waals surface area contributed by atoms with Crippen LogP contribution in [0.5, 0.6) is 0 Å². The van der Waals surface area contributed by atoms with Crippen LogP contribution in [-0.2, 0) is 6.54 Å². The lowest BCUT2D eigenvalue weighted by molar-refractivity contribution is 1.09. The Morgan fingerprint density at radius 1 is 1.25 bits per heavy atom. The normalized spacial score (nSPS) is 10.1. The number of nitrogens with two attached hydrogens (primary N) is 1. The molecule has 16 heavy (non-hydrogen) atoms. The van der Waals surface area contributed by atoms with Gasteiger partial charge in [0.15, 0.2) is 0 Å². The molecule has 1 heterocycles. The Balaban J connectivity index is 2.05. The third-order valence-electron chi connectivity index (χ3n) is 2.51. The number of aryl methyl sites for hydroxylation is 1. The van der Waals surface area contributed by atoms with Crippen LogP contribution in [0.2, 0.25) is 0 Å². The van der Waals surface area contributed by atoms with E-state index in [1.807, 2.05) is 18.2 Å². The Kier molecular flexibility index (Phi) is 3.05. The number of hydrogen-bond acceptors (Lipinski definition) is 3. The van der Waals surface area contributed by atoms with Crippen molar-refractivity contribution < 1.29 is 0 Å². The first-order chi connectivity index (χ1) is 7.75. The molecular weight excluding hydrogens is 198 g/mol. The summed E-state index contributed by atoms with van der Waals surface area (Å²) in [5.41, 5.74) is 8.95. The molecule has 0 atom stereocenters. The van der Waals surface area contributed by atoms with Gasteiger partial charge >= 0.3 is 0 Å². The summed E-state index contributed by atoms with van der Waals surface area (Å²) in [7, 11) is 0. The van der Waals surface area contributed by atoms with Gasteiger partial charge in [0.1, 0.15) is 5.82 Å². The van der Waals surface area contributed by atoms with Crippen molar-refractivity contribution in [3.63, 3.8) is 0 Å². The molecule has 0 aliphatic carbocycles. The third kappa shape index (κ3) is 2.51. The van der Waals surface area contributed by atoms with Gasteiger partial charge in [-0.1, -0.05) is 24.3 Å². The third-order valence-corrected chi connectivity index (χ3v) is 2.51. The number of aromatic nitrogens is 1. The Hall–Kier alpha value is -2.03. The quantitative estimate of drug-likeness (QED) is 0.824. The molecule has 1 aromatic carbocycles. The number of rotatable bonds is 3. The predicted octanol–water partition coefficient (Wildman–Crippen LogP) is 2.58. The Morgan fingerprint density at radius 2 is 2.06 bits per heavy atom. The molecule has 0 radical (unpaired) electrons. The van der Waals surface area contributed by atoms with Gasteiger partial charge in [-0.25, -0.2) is 4.98 Å². The second kappa shape index (κ2) is 4.66. The Labute approximate surface area is 95.3 Å². The van der Waals surface area contributed by atoms with Crippen molar-refractivity contribution in [3.8, 4) is 0 Å². The molecule has 0 fully saturated rings. The van der Waals surface area contributed by atoms with Crippen LogP contribution in [0.4, 0.5) is 11.5 Å². The minimum absolute atomic E-state index is 0.724. The molecule has 0 saturated carbocycles. The van der Waals surface area contributed by atoms with Crippen LogP contribution < -0.4 is 11.1 Å². The second-order valence-electron chi connectivity index (χ2n) is 3.75. The number of nitrogens with one attached hydrogen (secondary N) is 1. The van der Waals surface area contributed by atoms with E-state index in [1.165, 1.54) is 11.1 Å². The van der Waals surface area contributed by atoms with Gasteiger partial charge in [0.2, 0.25) is 0 Å².